The molecule has 0 saturated carbocycles. The molecule has 1 rings (SSSR count). The van der Waals surface area contributed by atoms with Crippen LogP contribution in [-0.2, 0) is 16.1 Å². The van der Waals surface area contributed by atoms with Crippen LogP contribution < -0.4 is 14.8 Å². The van der Waals surface area contributed by atoms with Crippen LogP contribution in [0.5, 0.6) is 11.5 Å². The summed E-state index contributed by atoms with van der Waals surface area (Å²) in [7, 11) is 3.13. The standard InChI is InChI=1S/C15H22ClNO4/c1-4-21-14(18)6-5-7-17-10-11-8-12(16)15(20-3)13(9-11)19-2/h8-9,17H,4-7,10H2,1-3H3. The zero-order chi connectivity index (χ0) is 15.7. The summed E-state index contributed by atoms with van der Waals surface area (Å²) in [6.45, 7) is 3.60. The molecule has 0 bridgehead atoms. The summed E-state index contributed by atoms with van der Waals surface area (Å²) in [6.07, 6.45) is 1.16. The van der Waals surface area contributed by atoms with E-state index in [2.05, 4.69) is 5.32 Å². The third-order valence-electron chi connectivity index (χ3n) is 2.86. The fourth-order valence-corrected chi connectivity index (χ4v) is 2.21. The molecule has 1 N–H and O–H groups in total. The molecule has 0 aliphatic heterocycles. The second-order valence-electron chi connectivity index (χ2n) is 4.40. The predicted octanol–water partition coefficient (Wildman–Crippen LogP) is 2.79. The maximum atomic E-state index is 11.2. The van der Waals surface area contributed by atoms with E-state index in [1.54, 1.807) is 21.1 Å². The topological polar surface area (TPSA) is 56.8 Å². The molecular weight excluding hydrogens is 294 g/mol. The van der Waals surface area contributed by atoms with E-state index in [-0.39, 0.29) is 5.97 Å². The summed E-state index contributed by atoms with van der Waals surface area (Å²) in [4.78, 5) is 11.2. The van der Waals surface area contributed by atoms with Gasteiger partial charge in [0.1, 0.15) is 0 Å². The lowest BCUT2D eigenvalue weighted by Crippen LogP contribution is -2.16. The fraction of sp³-hybridized carbons (Fsp3) is 0.533. The number of esters is 1. The number of benzene rings is 1. The van der Waals surface area contributed by atoms with E-state index in [1.165, 1.54) is 0 Å². The van der Waals surface area contributed by atoms with Gasteiger partial charge in [0.2, 0.25) is 0 Å². The molecule has 1 aromatic rings. The Labute approximate surface area is 130 Å². The van der Waals surface area contributed by atoms with Crippen LogP contribution in [0.1, 0.15) is 25.3 Å². The van der Waals surface area contributed by atoms with Gasteiger partial charge in [0, 0.05) is 13.0 Å². The van der Waals surface area contributed by atoms with Crippen LogP contribution in [0.2, 0.25) is 5.02 Å². The third-order valence-corrected chi connectivity index (χ3v) is 3.14. The van der Waals surface area contributed by atoms with Crippen LogP contribution in [0.25, 0.3) is 0 Å². The van der Waals surface area contributed by atoms with Crippen molar-refractivity contribution in [3.63, 3.8) is 0 Å². The third kappa shape index (κ3) is 5.81. The fourth-order valence-electron chi connectivity index (χ4n) is 1.90. The minimum Gasteiger partial charge on any atom is -0.493 e. The Morgan fingerprint density at radius 1 is 1.29 bits per heavy atom. The molecule has 0 spiro atoms. The minimum absolute atomic E-state index is 0.159. The summed E-state index contributed by atoms with van der Waals surface area (Å²) in [5.74, 6) is 0.979. The van der Waals surface area contributed by atoms with Crippen molar-refractivity contribution in [3.8, 4) is 11.5 Å². The average Bonchev–Trinajstić information content (AvgIpc) is 2.46. The normalized spacial score (nSPS) is 10.3. The zero-order valence-corrected chi connectivity index (χ0v) is 13.5. The lowest BCUT2D eigenvalue weighted by atomic mass is 10.2. The molecule has 0 aromatic heterocycles. The van der Waals surface area contributed by atoms with Crippen molar-refractivity contribution in [1.29, 1.82) is 0 Å². The van der Waals surface area contributed by atoms with E-state index in [9.17, 15) is 4.79 Å². The lowest BCUT2D eigenvalue weighted by Gasteiger charge is -2.12. The molecule has 0 heterocycles. The van der Waals surface area contributed by atoms with E-state index < -0.39 is 0 Å². The molecule has 0 atom stereocenters. The highest BCUT2D eigenvalue weighted by Gasteiger charge is 2.10. The Hall–Kier alpha value is -1.46. The number of carbonyl (C=O) groups excluding carboxylic acids is 1. The number of hydrogen-bond donors (Lipinski definition) is 1. The van der Waals surface area contributed by atoms with Crippen molar-refractivity contribution >= 4 is 17.6 Å². The Bertz CT molecular complexity index is 465. The molecule has 1 aromatic carbocycles. The van der Waals surface area contributed by atoms with Gasteiger partial charge in [-0.1, -0.05) is 11.6 Å². The van der Waals surface area contributed by atoms with Crippen LogP contribution in [-0.4, -0.2) is 33.3 Å². The highest BCUT2D eigenvalue weighted by atomic mass is 35.5. The van der Waals surface area contributed by atoms with Crippen molar-refractivity contribution in [2.24, 2.45) is 0 Å². The van der Waals surface area contributed by atoms with E-state index in [4.69, 9.17) is 25.8 Å². The minimum atomic E-state index is -0.159. The molecule has 5 nitrogen and oxygen atoms in total. The van der Waals surface area contributed by atoms with Crippen LogP contribution in [0.15, 0.2) is 12.1 Å². The second-order valence-corrected chi connectivity index (χ2v) is 4.81. The Morgan fingerprint density at radius 3 is 2.67 bits per heavy atom. The molecule has 6 heteroatoms. The number of carbonyl (C=O) groups is 1. The molecule has 0 radical (unpaired) electrons. The smallest absolute Gasteiger partial charge is 0.305 e. The van der Waals surface area contributed by atoms with Crippen LogP contribution in [0.3, 0.4) is 0 Å². The van der Waals surface area contributed by atoms with Gasteiger partial charge in [0.05, 0.1) is 25.8 Å². The number of ether oxygens (including phenoxy) is 3. The first-order chi connectivity index (χ1) is 10.1. The maximum absolute atomic E-state index is 11.2. The molecule has 0 aliphatic rings. The molecule has 0 fully saturated rings. The summed E-state index contributed by atoms with van der Waals surface area (Å²) < 4.78 is 15.3. The van der Waals surface area contributed by atoms with Gasteiger partial charge >= 0.3 is 5.97 Å². The van der Waals surface area contributed by atoms with Crippen LogP contribution in [0, 0.1) is 0 Å². The van der Waals surface area contributed by atoms with Gasteiger partial charge in [-0.25, -0.2) is 0 Å². The van der Waals surface area contributed by atoms with Crippen molar-refractivity contribution in [2.45, 2.75) is 26.3 Å². The molecule has 118 valence electrons. The van der Waals surface area contributed by atoms with Gasteiger partial charge in [-0.15, -0.1) is 0 Å². The van der Waals surface area contributed by atoms with E-state index in [1.807, 2.05) is 12.1 Å². The number of hydrogen-bond acceptors (Lipinski definition) is 5. The van der Waals surface area contributed by atoms with E-state index in [0.717, 1.165) is 18.5 Å². The van der Waals surface area contributed by atoms with Gasteiger partial charge in [0.25, 0.3) is 0 Å². The van der Waals surface area contributed by atoms with Gasteiger partial charge in [-0.05, 0) is 37.6 Å². The molecule has 0 saturated heterocycles. The van der Waals surface area contributed by atoms with Crippen molar-refractivity contribution in [3.05, 3.63) is 22.7 Å². The van der Waals surface area contributed by atoms with Gasteiger partial charge in [0.15, 0.2) is 11.5 Å². The summed E-state index contributed by atoms with van der Waals surface area (Å²) >= 11 is 6.14. The van der Waals surface area contributed by atoms with E-state index in [0.29, 0.717) is 36.1 Å². The monoisotopic (exact) mass is 315 g/mol. The van der Waals surface area contributed by atoms with Gasteiger partial charge < -0.3 is 19.5 Å². The Morgan fingerprint density at radius 2 is 2.05 bits per heavy atom. The van der Waals surface area contributed by atoms with Crippen molar-refractivity contribution in [1.82, 2.24) is 5.32 Å². The molecule has 0 unspecified atom stereocenters. The predicted molar refractivity (Wildman–Crippen MR) is 82.1 cm³/mol. The Kier molecular flexibility index (Phi) is 7.93. The van der Waals surface area contributed by atoms with Crippen molar-refractivity contribution in [2.75, 3.05) is 27.4 Å². The van der Waals surface area contributed by atoms with Crippen LogP contribution >= 0.6 is 11.6 Å². The highest BCUT2D eigenvalue weighted by Crippen LogP contribution is 2.35. The zero-order valence-electron chi connectivity index (χ0n) is 12.7. The number of rotatable bonds is 9. The molecule has 0 amide bonds. The average molecular weight is 316 g/mol. The number of halogens is 1. The van der Waals surface area contributed by atoms with Crippen LogP contribution in [0.4, 0.5) is 0 Å². The first-order valence-electron chi connectivity index (χ1n) is 6.89. The first-order valence-corrected chi connectivity index (χ1v) is 7.26. The summed E-state index contributed by atoms with van der Waals surface area (Å²) in [6, 6.07) is 3.71. The molecular formula is C15H22ClNO4. The summed E-state index contributed by atoms with van der Waals surface area (Å²) in [5.41, 5.74) is 0.994. The Balaban J connectivity index is 2.42. The quantitative estimate of drug-likeness (QED) is 0.561. The second kappa shape index (κ2) is 9.47. The van der Waals surface area contributed by atoms with Gasteiger partial charge in [-0.2, -0.15) is 0 Å². The number of nitrogens with one attached hydrogen (secondary N) is 1. The van der Waals surface area contributed by atoms with Gasteiger partial charge in [-0.3, -0.25) is 4.79 Å². The molecule has 21 heavy (non-hydrogen) atoms. The first kappa shape index (κ1) is 17.6. The lowest BCUT2D eigenvalue weighted by molar-refractivity contribution is -0.143. The highest BCUT2D eigenvalue weighted by molar-refractivity contribution is 6.32. The van der Waals surface area contributed by atoms with Crippen molar-refractivity contribution < 1.29 is 19.0 Å². The SMILES string of the molecule is CCOC(=O)CCCNCc1cc(Cl)c(OC)c(OC)c1. The maximum Gasteiger partial charge on any atom is 0.305 e. The largest absolute Gasteiger partial charge is 0.493 e. The summed E-state index contributed by atoms with van der Waals surface area (Å²) in [5, 5.41) is 3.77. The number of methoxy groups -OCH3 is 2. The molecule has 0 aliphatic carbocycles. The van der Waals surface area contributed by atoms with E-state index >= 15 is 0 Å².